The minimum Gasteiger partial charge on any atom is -0.478 e. The Bertz CT molecular complexity index is 1210. The molecule has 0 unspecified atom stereocenters. The first-order valence-electron chi connectivity index (χ1n) is 12.6. The van der Waals surface area contributed by atoms with Gasteiger partial charge < -0.3 is 19.9 Å². The number of carboxylic acids is 1. The zero-order valence-corrected chi connectivity index (χ0v) is 21.5. The summed E-state index contributed by atoms with van der Waals surface area (Å²) in [5.74, 6) is -0.235. The van der Waals surface area contributed by atoms with Crippen LogP contribution in [0.5, 0.6) is 0 Å². The Morgan fingerprint density at radius 2 is 1.14 bits per heavy atom. The van der Waals surface area contributed by atoms with Gasteiger partial charge in [0.2, 0.25) is 0 Å². The molecule has 186 valence electrons. The van der Waals surface area contributed by atoms with Crippen LogP contribution in [0, 0.1) is 0 Å². The summed E-state index contributed by atoms with van der Waals surface area (Å²) in [6, 6.07) is 23.9. The molecule has 0 saturated heterocycles. The highest BCUT2D eigenvalue weighted by Crippen LogP contribution is 2.35. The fourth-order valence-electron chi connectivity index (χ4n) is 4.54. The van der Waals surface area contributed by atoms with Gasteiger partial charge >= 0.3 is 5.97 Å². The van der Waals surface area contributed by atoms with Crippen molar-refractivity contribution in [2.45, 2.75) is 27.7 Å². The summed E-state index contributed by atoms with van der Waals surface area (Å²) >= 11 is 0. The van der Waals surface area contributed by atoms with Crippen molar-refractivity contribution >= 4 is 17.3 Å². The fourth-order valence-corrected chi connectivity index (χ4v) is 4.54. The maximum atomic E-state index is 11.3. The molecule has 0 amide bonds. The number of aromatic carboxylic acids is 1. The summed E-state index contributed by atoms with van der Waals surface area (Å²) in [4.78, 5) is 24.4. The van der Waals surface area contributed by atoms with E-state index in [2.05, 4.69) is 91.0 Å². The van der Waals surface area contributed by atoms with Gasteiger partial charge in [-0.3, -0.25) is 0 Å². The van der Waals surface area contributed by atoms with Crippen LogP contribution >= 0.6 is 0 Å². The van der Waals surface area contributed by atoms with E-state index < -0.39 is 5.97 Å². The van der Waals surface area contributed by atoms with E-state index in [-0.39, 0.29) is 5.56 Å². The summed E-state index contributed by atoms with van der Waals surface area (Å²) < 4.78 is 0. The molecule has 0 aliphatic carbocycles. The average molecular weight is 483 g/mol. The van der Waals surface area contributed by atoms with Crippen molar-refractivity contribution in [1.82, 2.24) is 9.97 Å². The first kappa shape index (κ1) is 25.0. The number of hydrogen-bond donors (Lipinski definition) is 2. The number of aromatic nitrogens is 2. The average Bonchev–Trinajstić information content (AvgIpc) is 3.36. The van der Waals surface area contributed by atoms with Crippen LogP contribution in [0.2, 0.25) is 0 Å². The van der Waals surface area contributed by atoms with Crippen LogP contribution in [0.25, 0.3) is 33.9 Å². The second kappa shape index (κ2) is 11.1. The normalized spacial score (nSPS) is 10.9. The number of hydrogen-bond acceptors (Lipinski definition) is 4. The van der Waals surface area contributed by atoms with Gasteiger partial charge in [0, 0.05) is 54.2 Å². The number of carboxylic acid groups (broad SMARTS) is 1. The van der Waals surface area contributed by atoms with Crippen LogP contribution in [-0.4, -0.2) is 47.2 Å². The minimum atomic E-state index is -0.941. The van der Waals surface area contributed by atoms with Gasteiger partial charge in [-0.1, -0.05) is 36.4 Å². The van der Waals surface area contributed by atoms with Crippen LogP contribution in [0.1, 0.15) is 38.1 Å². The Morgan fingerprint density at radius 1 is 0.694 bits per heavy atom. The lowest BCUT2D eigenvalue weighted by molar-refractivity contribution is 0.0697. The van der Waals surface area contributed by atoms with E-state index in [4.69, 9.17) is 4.98 Å². The van der Waals surface area contributed by atoms with Crippen molar-refractivity contribution in [2.75, 3.05) is 36.0 Å². The molecule has 0 fully saturated rings. The summed E-state index contributed by atoms with van der Waals surface area (Å²) in [5.41, 5.74) is 7.36. The fraction of sp³-hybridized carbons (Fsp3) is 0.267. The first-order chi connectivity index (χ1) is 17.5. The van der Waals surface area contributed by atoms with Crippen molar-refractivity contribution in [3.8, 4) is 33.9 Å². The van der Waals surface area contributed by atoms with Crippen LogP contribution in [0.3, 0.4) is 0 Å². The second-order valence-electron chi connectivity index (χ2n) is 8.63. The van der Waals surface area contributed by atoms with E-state index in [1.54, 1.807) is 24.3 Å². The summed E-state index contributed by atoms with van der Waals surface area (Å²) in [7, 11) is 0. The molecule has 0 saturated carbocycles. The summed E-state index contributed by atoms with van der Waals surface area (Å²) in [5, 5.41) is 9.26. The standard InChI is InChI=1S/C30H34N4O2/c1-5-33(6-2)25-17-13-21(14-18-25)27-28(22-15-19-26(20-16-22)34(7-3)8-4)32-29(31-27)23-9-11-24(12-10-23)30(35)36/h9-20H,5-8H2,1-4H3,(H,31,32)(H,35,36). The lowest BCUT2D eigenvalue weighted by atomic mass is 10.0. The van der Waals surface area contributed by atoms with Crippen molar-refractivity contribution in [3.05, 3.63) is 78.4 Å². The molecule has 2 N–H and O–H groups in total. The lowest BCUT2D eigenvalue weighted by Gasteiger charge is -2.21. The highest BCUT2D eigenvalue weighted by molar-refractivity contribution is 5.88. The number of anilines is 2. The molecule has 36 heavy (non-hydrogen) atoms. The molecule has 6 nitrogen and oxygen atoms in total. The number of imidazole rings is 1. The number of H-pyrrole nitrogens is 1. The summed E-state index contributed by atoms with van der Waals surface area (Å²) in [6.45, 7) is 12.5. The molecule has 3 aromatic carbocycles. The van der Waals surface area contributed by atoms with E-state index in [1.165, 1.54) is 11.4 Å². The van der Waals surface area contributed by atoms with E-state index >= 15 is 0 Å². The van der Waals surface area contributed by atoms with E-state index in [9.17, 15) is 9.90 Å². The molecule has 1 heterocycles. The van der Waals surface area contributed by atoms with Crippen molar-refractivity contribution < 1.29 is 9.90 Å². The molecule has 4 aromatic rings. The largest absolute Gasteiger partial charge is 0.478 e. The smallest absolute Gasteiger partial charge is 0.335 e. The number of rotatable bonds is 10. The molecule has 0 aliphatic rings. The number of nitrogens with zero attached hydrogens (tertiary/aromatic N) is 3. The molecule has 0 atom stereocenters. The van der Waals surface area contributed by atoms with Crippen molar-refractivity contribution in [1.29, 1.82) is 0 Å². The Hall–Kier alpha value is -4.06. The Labute approximate surface area is 213 Å². The minimum absolute atomic E-state index is 0.254. The zero-order valence-electron chi connectivity index (χ0n) is 21.5. The van der Waals surface area contributed by atoms with Gasteiger partial charge in [-0.05, 0) is 64.1 Å². The molecule has 0 radical (unpaired) electrons. The van der Waals surface area contributed by atoms with E-state index in [0.29, 0.717) is 5.82 Å². The maximum absolute atomic E-state index is 11.3. The Morgan fingerprint density at radius 3 is 1.58 bits per heavy atom. The number of benzene rings is 3. The van der Waals surface area contributed by atoms with Gasteiger partial charge in [0.25, 0.3) is 0 Å². The SMILES string of the molecule is CCN(CC)c1ccc(-c2nc(-c3ccc(C(=O)O)cc3)[nH]c2-c2ccc(N(CC)CC)cc2)cc1. The van der Waals surface area contributed by atoms with Gasteiger partial charge in [-0.25, -0.2) is 9.78 Å². The van der Waals surface area contributed by atoms with Gasteiger partial charge in [-0.15, -0.1) is 0 Å². The second-order valence-corrected chi connectivity index (χ2v) is 8.63. The number of aromatic amines is 1. The third-order valence-electron chi connectivity index (χ3n) is 6.66. The monoisotopic (exact) mass is 482 g/mol. The van der Waals surface area contributed by atoms with Crippen molar-refractivity contribution in [3.63, 3.8) is 0 Å². The van der Waals surface area contributed by atoms with Gasteiger partial charge in [0.15, 0.2) is 0 Å². The molecule has 1 aromatic heterocycles. The van der Waals surface area contributed by atoms with Crippen LogP contribution in [-0.2, 0) is 0 Å². The topological polar surface area (TPSA) is 72.5 Å². The molecular formula is C30H34N4O2. The van der Waals surface area contributed by atoms with Gasteiger partial charge in [-0.2, -0.15) is 0 Å². The predicted octanol–water partition coefficient (Wildman–Crippen LogP) is 6.80. The maximum Gasteiger partial charge on any atom is 0.335 e. The first-order valence-corrected chi connectivity index (χ1v) is 12.6. The molecular weight excluding hydrogens is 448 g/mol. The molecule has 0 bridgehead atoms. The van der Waals surface area contributed by atoms with Crippen molar-refractivity contribution in [2.24, 2.45) is 0 Å². The van der Waals surface area contributed by atoms with Crippen LogP contribution in [0.4, 0.5) is 11.4 Å². The van der Waals surface area contributed by atoms with E-state index in [0.717, 1.165) is 54.3 Å². The third-order valence-corrected chi connectivity index (χ3v) is 6.66. The number of carbonyl (C=O) groups is 1. The predicted molar refractivity (Wildman–Crippen MR) is 149 cm³/mol. The van der Waals surface area contributed by atoms with Gasteiger partial charge in [0.05, 0.1) is 17.0 Å². The van der Waals surface area contributed by atoms with Crippen LogP contribution in [0.15, 0.2) is 72.8 Å². The molecule has 0 spiro atoms. The molecule has 0 aliphatic heterocycles. The summed E-state index contributed by atoms with van der Waals surface area (Å²) in [6.07, 6.45) is 0. The highest BCUT2D eigenvalue weighted by atomic mass is 16.4. The van der Waals surface area contributed by atoms with Gasteiger partial charge in [0.1, 0.15) is 5.82 Å². The Balaban J connectivity index is 1.78. The lowest BCUT2D eigenvalue weighted by Crippen LogP contribution is -2.21. The third kappa shape index (κ3) is 5.13. The van der Waals surface area contributed by atoms with Crippen LogP contribution < -0.4 is 9.80 Å². The highest BCUT2D eigenvalue weighted by Gasteiger charge is 2.17. The quantitative estimate of drug-likeness (QED) is 0.260. The number of nitrogens with one attached hydrogen (secondary N) is 1. The zero-order chi connectivity index (χ0) is 25.7. The Kier molecular flexibility index (Phi) is 7.74. The van der Waals surface area contributed by atoms with E-state index in [1.807, 2.05) is 0 Å². The molecule has 4 rings (SSSR count). The molecule has 6 heteroatoms.